The van der Waals surface area contributed by atoms with Crippen LogP contribution in [0, 0.1) is 0 Å². The maximum absolute atomic E-state index is 12.8. The van der Waals surface area contributed by atoms with Crippen molar-refractivity contribution < 1.29 is 19.1 Å². The standard InChI is InChI=1S/C20H27N3O4/c1-13(2)27-12-15-7-6-8-16(11-15)21-17(24)14(3)23-18(25)20(22-19(23)26)9-4-5-10-20/h6-8,11,13-14H,4-5,9-10,12H2,1-3H3,(H,21,24)(H,22,26). The van der Waals surface area contributed by atoms with Gasteiger partial charge in [0.15, 0.2) is 0 Å². The van der Waals surface area contributed by atoms with Crippen LogP contribution in [0.3, 0.4) is 0 Å². The lowest BCUT2D eigenvalue weighted by Crippen LogP contribution is -2.48. The van der Waals surface area contributed by atoms with Crippen LogP contribution < -0.4 is 10.6 Å². The number of hydrogen-bond acceptors (Lipinski definition) is 4. The van der Waals surface area contributed by atoms with Crippen LogP contribution in [0.5, 0.6) is 0 Å². The number of carbonyl (C=O) groups excluding carboxylic acids is 3. The number of imide groups is 1. The van der Waals surface area contributed by atoms with Gasteiger partial charge in [-0.25, -0.2) is 9.69 Å². The van der Waals surface area contributed by atoms with E-state index in [1.807, 2.05) is 32.0 Å². The second-order valence-corrected chi connectivity index (χ2v) is 7.62. The lowest BCUT2D eigenvalue weighted by Gasteiger charge is -2.23. The van der Waals surface area contributed by atoms with Gasteiger partial charge in [0.1, 0.15) is 11.6 Å². The number of nitrogens with one attached hydrogen (secondary N) is 2. The van der Waals surface area contributed by atoms with Gasteiger partial charge in [-0.2, -0.15) is 0 Å². The highest BCUT2D eigenvalue weighted by Crippen LogP contribution is 2.35. The molecule has 27 heavy (non-hydrogen) atoms. The van der Waals surface area contributed by atoms with Crippen molar-refractivity contribution in [2.24, 2.45) is 0 Å². The lowest BCUT2D eigenvalue weighted by atomic mass is 9.97. The summed E-state index contributed by atoms with van der Waals surface area (Å²) in [5, 5.41) is 5.60. The molecule has 1 saturated carbocycles. The minimum absolute atomic E-state index is 0.117. The molecule has 0 aromatic heterocycles. The van der Waals surface area contributed by atoms with Crippen molar-refractivity contribution in [3.05, 3.63) is 29.8 Å². The van der Waals surface area contributed by atoms with Gasteiger partial charge in [-0.05, 0) is 51.3 Å². The van der Waals surface area contributed by atoms with Crippen molar-refractivity contribution in [3.8, 4) is 0 Å². The highest BCUT2D eigenvalue weighted by molar-refractivity contribution is 6.11. The second kappa shape index (κ2) is 7.68. The van der Waals surface area contributed by atoms with E-state index in [-0.39, 0.29) is 12.0 Å². The van der Waals surface area contributed by atoms with Crippen LogP contribution >= 0.6 is 0 Å². The normalized spacial score (nSPS) is 19.6. The molecule has 2 fully saturated rings. The van der Waals surface area contributed by atoms with Crippen molar-refractivity contribution in [1.82, 2.24) is 10.2 Å². The van der Waals surface area contributed by atoms with E-state index in [2.05, 4.69) is 10.6 Å². The Morgan fingerprint density at radius 1 is 1.26 bits per heavy atom. The summed E-state index contributed by atoms with van der Waals surface area (Å²) >= 11 is 0. The average Bonchev–Trinajstić information content (AvgIpc) is 3.18. The summed E-state index contributed by atoms with van der Waals surface area (Å²) in [5.41, 5.74) is 0.744. The van der Waals surface area contributed by atoms with Crippen LogP contribution in [0.2, 0.25) is 0 Å². The Kier molecular flexibility index (Phi) is 5.51. The lowest BCUT2D eigenvalue weighted by molar-refractivity contribution is -0.136. The number of rotatable bonds is 6. The van der Waals surface area contributed by atoms with Gasteiger partial charge in [-0.15, -0.1) is 0 Å². The molecule has 0 radical (unpaired) electrons. The number of hydrogen-bond donors (Lipinski definition) is 2. The third-order valence-corrected chi connectivity index (χ3v) is 5.19. The molecule has 7 nitrogen and oxygen atoms in total. The molecule has 1 heterocycles. The Morgan fingerprint density at radius 3 is 2.63 bits per heavy atom. The number of amides is 4. The largest absolute Gasteiger partial charge is 0.374 e. The highest BCUT2D eigenvalue weighted by Gasteiger charge is 2.54. The molecule has 1 aromatic carbocycles. The van der Waals surface area contributed by atoms with E-state index in [1.165, 1.54) is 0 Å². The maximum Gasteiger partial charge on any atom is 0.325 e. The molecular weight excluding hydrogens is 346 g/mol. The summed E-state index contributed by atoms with van der Waals surface area (Å²) in [6.45, 7) is 5.95. The van der Waals surface area contributed by atoms with Gasteiger partial charge < -0.3 is 15.4 Å². The summed E-state index contributed by atoms with van der Waals surface area (Å²) < 4.78 is 5.58. The molecular formula is C20H27N3O4. The third kappa shape index (κ3) is 3.98. The molecule has 1 aliphatic heterocycles. The fourth-order valence-corrected chi connectivity index (χ4v) is 3.68. The first kappa shape index (κ1) is 19.4. The number of nitrogens with zero attached hydrogens (tertiary/aromatic N) is 1. The maximum atomic E-state index is 12.8. The molecule has 0 bridgehead atoms. The number of ether oxygens (including phenoxy) is 1. The van der Waals surface area contributed by atoms with Crippen molar-refractivity contribution in [2.75, 3.05) is 5.32 Å². The minimum Gasteiger partial charge on any atom is -0.374 e. The van der Waals surface area contributed by atoms with E-state index in [9.17, 15) is 14.4 Å². The number of benzene rings is 1. The van der Waals surface area contributed by atoms with Gasteiger partial charge >= 0.3 is 6.03 Å². The molecule has 1 aliphatic carbocycles. The van der Waals surface area contributed by atoms with Gasteiger partial charge in [0.05, 0.1) is 12.7 Å². The van der Waals surface area contributed by atoms with Crippen LogP contribution in [0.15, 0.2) is 24.3 Å². The number of urea groups is 1. The summed E-state index contributed by atoms with van der Waals surface area (Å²) in [4.78, 5) is 38.8. The molecule has 7 heteroatoms. The first-order valence-corrected chi connectivity index (χ1v) is 9.49. The SMILES string of the molecule is CC(C)OCc1cccc(NC(=O)C(C)N2C(=O)NC3(CCCC3)C2=O)c1. The Labute approximate surface area is 159 Å². The molecule has 1 aromatic rings. The predicted octanol–water partition coefficient (Wildman–Crippen LogP) is 2.80. The zero-order chi connectivity index (χ0) is 19.6. The minimum atomic E-state index is -0.881. The molecule has 1 saturated heterocycles. The van der Waals surface area contributed by atoms with E-state index < -0.39 is 23.5 Å². The number of anilines is 1. The van der Waals surface area contributed by atoms with Crippen LogP contribution in [0.1, 0.15) is 52.0 Å². The van der Waals surface area contributed by atoms with E-state index in [4.69, 9.17) is 4.74 Å². The summed E-state index contributed by atoms with van der Waals surface area (Å²) in [6.07, 6.45) is 3.21. The van der Waals surface area contributed by atoms with E-state index >= 15 is 0 Å². The van der Waals surface area contributed by atoms with Gasteiger partial charge in [-0.1, -0.05) is 25.0 Å². The Hall–Kier alpha value is -2.41. The first-order chi connectivity index (χ1) is 12.8. The summed E-state index contributed by atoms with van der Waals surface area (Å²) in [5.74, 6) is -0.679. The quantitative estimate of drug-likeness (QED) is 0.751. The van der Waals surface area contributed by atoms with E-state index in [0.717, 1.165) is 23.3 Å². The molecule has 1 unspecified atom stereocenters. The fraction of sp³-hybridized carbons (Fsp3) is 0.550. The molecule has 1 spiro atoms. The monoisotopic (exact) mass is 373 g/mol. The van der Waals surface area contributed by atoms with Crippen molar-refractivity contribution >= 4 is 23.5 Å². The second-order valence-electron chi connectivity index (χ2n) is 7.62. The fourth-order valence-electron chi connectivity index (χ4n) is 3.68. The van der Waals surface area contributed by atoms with Crippen LogP contribution in [0.4, 0.5) is 10.5 Å². The zero-order valence-electron chi connectivity index (χ0n) is 16.1. The van der Waals surface area contributed by atoms with Gasteiger partial charge in [0, 0.05) is 5.69 Å². The highest BCUT2D eigenvalue weighted by atomic mass is 16.5. The van der Waals surface area contributed by atoms with Crippen LogP contribution in [-0.2, 0) is 20.9 Å². The third-order valence-electron chi connectivity index (χ3n) is 5.19. The summed E-state index contributed by atoms with van der Waals surface area (Å²) in [7, 11) is 0. The number of carbonyl (C=O) groups is 3. The van der Waals surface area contributed by atoms with Gasteiger partial charge in [0.2, 0.25) is 5.91 Å². The van der Waals surface area contributed by atoms with Crippen molar-refractivity contribution in [2.45, 2.75) is 70.7 Å². The van der Waals surface area contributed by atoms with Crippen molar-refractivity contribution in [3.63, 3.8) is 0 Å². The smallest absolute Gasteiger partial charge is 0.325 e. The van der Waals surface area contributed by atoms with Crippen molar-refractivity contribution in [1.29, 1.82) is 0 Å². The summed E-state index contributed by atoms with van der Waals surface area (Å²) in [6, 6.07) is 5.99. The van der Waals surface area contributed by atoms with Crippen LogP contribution in [-0.4, -0.2) is 40.4 Å². The molecule has 2 N–H and O–H groups in total. The Morgan fingerprint density at radius 2 is 1.96 bits per heavy atom. The molecule has 1 atom stereocenters. The zero-order valence-corrected chi connectivity index (χ0v) is 16.1. The Balaban J connectivity index is 1.66. The molecule has 2 aliphatic rings. The van der Waals surface area contributed by atoms with E-state index in [1.54, 1.807) is 13.0 Å². The van der Waals surface area contributed by atoms with E-state index in [0.29, 0.717) is 25.1 Å². The Bertz CT molecular complexity index is 740. The topological polar surface area (TPSA) is 87.7 Å². The molecule has 3 rings (SSSR count). The molecule has 4 amide bonds. The average molecular weight is 373 g/mol. The first-order valence-electron chi connectivity index (χ1n) is 9.49. The van der Waals surface area contributed by atoms with Crippen LogP contribution in [0.25, 0.3) is 0 Å². The van der Waals surface area contributed by atoms with Gasteiger partial charge in [-0.3, -0.25) is 9.59 Å². The van der Waals surface area contributed by atoms with Gasteiger partial charge in [0.25, 0.3) is 5.91 Å². The predicted molar refractivity (Wildman–Crippen MR) is 101 cm³/mol. The molecule has 146 valence electrons.